The summed E-state index contributed by atoms with van der Waals surface area (Å²) in [5, 5.41) is 13.3. The van der Waals surface area contributed by atoms with Crippen LogP contribution in [0.2, 0.25) is 0 Å². The SMILES string of the molecule is CC(=O)NC[C@H]1CN(c2ccc(N3CCN(C(=O)/C=C/c4ccc(C(=O)[O-])o4)CC3)c(F)c2)C(=O)O1.[Na+]. The van der Waals surface area contributed by atoms with E-state index in [0.717, 1.165) is 0 Å². The van der Waals surface area contributed by atoms with Gasteiger partial charge in [0.15, 0.2) is 0 Å². The molecule has 11 nitrogen and oxygen atoms in total. The second kappa shape index (κ2) is 12.3. The van der Waals surface area contributed by atoms with Gasteiger partial charge < -0.3 is 34.2 Å². The topological polar surface area (TPSA) is 135 Å². The minimum Gasteiger partial charge on any atom is -0.542 e. The molecule has 13 heteroatoms. The normalized spacial score (nSPS) is 17.5. The summed E-state index contributed by atoms with van der Waals surface area (Å²) in [4.78, 5) is 51.2. The fourth-order valence-electron chi connectivity index (χ4n) is 4.00. The number of benzene rings is 1. The maximum atomic E-state index is 15.0. The summed E-state index contributed by atoms with van der Waals surface area (Å²) in [5.74, 6) is -2.57. The summed E-state index contributed by atoms with van der Waals surface area (Å²) in [6, 6.07) is 7.15. The minimum absolute atomic E-state index is 0. The van der Waals surface area contributed by atoms with Gasteiger partial charge in [-0.3, -0.25) is 14.5 Å². The third-order valence-corrected chi connectivity index (χ3v) is 5.85. The van der Waals surface area contributed by atoms with E-state index in [1.807, 2.05) is 4.90 Å². The van der Waals surface area contributed by atoms with E-state index in [1.54, 1.807) is 17.0 Å². The molecule has 2 fully saturated rings. The van der Waals surface area contributed by atoms with E-state index in [2.05, 4.69) is 5.32 Å². The van der Waals surface area contributed by atoms with E-state index >= 15 is 0 Å². The summed E-state index contributed by atoms with van der Waals surface area (Å²) < 4.78 is 25.2. The van der Waals surface area contributed by atoms with Crippen LogP contribution in [0.5, 0.6) is 0 Å². The quantitative estimate of drug-likeness (QED) is 0.315. The second-order valence-corrected chi connectivity index (χ2v) is 8.32. The van der Waals surface area contributed by atoms with Crippen LogP contribution < -0.4 is 49.8 Å². The Morgan fingerprint density at radius 2 is 1.89 bits per heavy atom. The number of carbonyl (C=O) groups excluding carboxylic acids is 4. The van der Waals surface area contributed by atoms with Crippen molar-refractivity contribution in [1.29, 1.82) is 0 Å². The average Bonchev–Trinajstić information content (AvgIpc) is 3.48. The molecule has 2 aliphatic heterocycles. The number of carboxylic acid groups (broad SMARTS) is 1. The van der Waals surface area contributed by atoms with Crippen LogP contribution >= 0.6 is 0 Å². The first-order valence-electron chi connectivity index (χ1n) is 11.3. The van der Waals surface area contributed by atoms with E-state index < -0.39 is 24.0 Å². The summed E-state index contributed by atoms with van der Waals surface area (Å²) in [7, 11) is 0. The number of ether oxygens (including phenoxy) is 1. The fourth-order valence-corrected chi connectivity index (χ4v) is 4.00. The molecule has 3 amide bonds. The predicted molar refractivity (Wildman–Crippen MR) is 124 cm³/mol. The number of halogens is 1. The summed E-state index contributed by atoms with van der Waals surface area (Å²) in [6.07, 6.45) is 1.54. The summed E-state index contributed by atoms with van der Waals surface area (Å²) in [5.41, 5.74) is 0.708. The Morgan fingerprint density at radius 3 is 2.51 bits per heavy atom. The Kier molecular flexibility index (Phi) is 9.35. The van der Waals surface area contributed by atoms with Crippen molar-refractivity contribution in [2.75, 3.05) is 49.1 Å². The number of hydrogen-bond donors (Lipinski definition) is 1. The van der Waals surface area contributed by atoms with Crippen LogP contribution in [0, 0.1) is 5.82 Å². The summed E-state index contributed by atoms with van der Waals surface area (Å²) >= 11 is 0. The van der Waals surface area contributed by atoms with Gasteiger partial charge in [0.2, 0.25) is 11.8 Å². The number of furan rings is 1. The molecular formula is C24H24FN4NaO7. The predicted octanol–water partition coefficient (Wildman–Crippen LogP) is -2.39. The van der Waals surface area contributed by atoms with Crippen molar-refractivity contribution < 1.29 is 67.4 Å². The van der Waals surface area contributed by atoms with Crippen LogP contribution in [0.3, 0.4) is 0 Å². The smallest absolute Gasteiger partial charge is 0.542 e. The molecule has 1 aromatic heterocycles. The molecule has 4 rings (SSSR count). The van der Waals surface area contributed by atoms with Crippen LogP contribution in [-0.2, 0) is 14.3 Å². The molecule has 0 unspecified atom stereocenters. The van der Waals surface area contributed by atoms with Crippen molar-refractivity contribution >= 4 is 41.3 Å². The van der Waals surface area contributed by atoms with Crippen molar-refractivity contribution in [2.24, 2.45) is 0 Å². The van der Waals surface area contributed by atoms with Crippen molar-refractivity contribution in [3.05, 3.63) is 53.7 Å². The second-order valence-electron chi connectivity index (χ2n) is 8.32. The maximum Gasteiger partial charge on any atom is 1.00 e. The number of carboxylic acids is 1. The molecule has 190 valence electrons. The Hall–Kier alpha value is -3.35. The molecule has 2 aromatic rings. The van der Waals surface area contributed by atoms with Gasteiger partial charge in [-0.1, -0.05) is 0 Å². The molecule has 0 radical (unpaired) electrons. The molecule has 37 heavy (non-hydrogen) atoms. The first-order chi connectivity index (χ1) is 17.2. The fraction of sp³-hybridized carbons (Fsp3) is 0.333. The minimum atomic E-state index is -1.44. The number of cyclic esters (lactones) is 1. The van der Waals surface area contributed by atoms with Gasteiger partial charge >= 0.3 is 35.7 Å². The molecule has 1 atom stereocenters. The van der Waals surface area contributed by atoms with Crippen LogP contribution in [-0.4, -0.2) is 74.1 Å². The van der Waals surface area contributed by atoms with Gasteiger partial charge in [-0.05, 0) is 36.4 Å². The number of carbonyl (C=O) groups is 4. The third-order valence-electron chi connectivity index (χ3n) is 5.85. The van der Waals surface area contributed by atoms with Crippen LogP contribution in [0.1, 0.15) is 23.2 Å². The van der Waals surface area contributed by atoms with Gasteiger partial charge in [0, 0.05) is 39.2 Å². The molecule has 1 aromatic carbocycles. The first-order valence-corrected chi connectivity index (χ1v) is 11.3. The summed E-state index contributed by atoms with van der Waals surface area (Å²) in [6.45, 7) is 3.25. The van der Waals surface area contributed by atoms with Gasteiger partial charge in [-0.25, -0.2) is 9.18 Å². The van der Waals surface area contributed by atoms with Crippen molar-refractivity contribution in [2.45, 2.75) is 13.0 Å². The van der Waals surface area contributed by atoms with Crippen molar-refractivity contribution in [3.8, 4) is 0 Å². The van der Waals surface area contributed by atoms with E-state index in [1.165, 1.54) is 42.2 Å². The van der Waals surface area contributed by atoms with E-state index in [4.69, 9.17) is 9.15 Å². The number of aromatic carboxylic acids is 1. The Bertz CT molecular complexity index is 1210. The molecule has 0 spiro atoms. The molecular weight excluding hydrogens is 498 g/mol. The molecule has 0 saturated carbocycles. The van der Waals surface area contributed by atoms with Gasteiger partial charge in [-0.2, -0.15) is 0 Å². The van der Waals surface area contributed by atoms with Crippen molar-refractivity contribution in [1.82, 2.24) is 10.2 Å². The maximum absolute atomic E-state index is 15.0. The standard InChI is InChI=1S/C24H25FN4O7.Na/c1-15(30)26-13-18-14-29(24(34)36-18)16-2-5-20(19(25)12-16)27-8-10-28(11-9-27)22(31)7-4-17-3-6-21(35-17)23(32)33;/h2-7,12,18H,8-11,13-14H2,1H3,(H,26,30)(H,32,33);/q;+1/p-1/b7-4+;/t18-;/m0./s1. The van der Waals surface area contributed by atoms with Gasteiger partial charge in [0.25, 0.3) is 0 Å². The third kappa shape index (κ3) is 6.90. The van der Waals surface area contributed by atoms with Gasteiger partial charge in [0.05, 0.1) is 24.5 Å². The number of amides is 3. The van der Waals surface area contributed by atoms with Crippen molar-refractivity contribution in [3.63, 3.8) is 0 Å². The van der Waals surface area contributed by atoms with Crippen LogP contribution in [0.4, 0.5) is 20.6 Å². The Balaban J connectivity index is 0.00000380. The largest absolute Gasteiger partial charge is 1.00 e. The number of piperazine rings is 1. The molecule has 2 saturated heterocycles. The van der Waals surface area contributed by atoms with E-state index in [0.29, 0.717) is 37.6 Å². The number of nitrogens with zero attached hydrogens (tertiary/aromatic N) is 3. The molecule has 0 bridgehead atoms. The van der Waals surface area contributed by atoms with Gasteiger partial charge in [-0.15, -0.1) is 0 Å². The Labute approximate surface area is 234 Å². The zero-order valence-corrected chi connectivity index (χ0v) is 22.4. The molecule has 3 heterocycles. The molecule has 2 aliphatic rings. The molecule has 1 N–H and O–H groups in total. The number of rotatable bonds is 7. The van der Waals surface area contributed by atoms with Crippen LogP contribution in [0.25, 0.3) is 6.08 Å². The number of hydrogen-bond acceptors (Lipinski definition) is 8. The zero-order valence-electron chi connectivity index (χ0n) is 20.4. The van der Waals surface area contributed by atoms with Crippen LogP contribution in [0.15, 0.2) is 40.8 Å². The monoisotopic (exact) mass is 522 g/mol. The Morgan fingerprint density at radius 1 is 1.16 bits per heavy atom. The zero-order chi connectivity index (χ0) is 25.8. The molecule has 0 aliphatic carbocycles. The average molecular weight is 522 g/mol. The van der Waals surface area contributed by atoms with Gasteiger partial charge in [0.1, 0.15) is 29.4 Å². The first kappa shape index (κ1) is 28.2. The number of anilines is 2. The van der Waals surface area contributed by atoms with E-state index in [-0.39, 0.29) is 66.0 Å². The van der Waals surface area contributed by atoms with E-state index in [9.17, 15) is 28.7 Å². The number of nitrogens with one attached hydrogen (secondary N) is 1.